The number of rotatable bonds is 6. The standard InChI is InChI=1S/C30H32F4N4O3/c1-15(2)19-12-20(25(40-6)13-22(19)31)21-14-35-28(37(4)5)36-26(21)23-7-8-24-27(41-29(39)38(23)24)17-9-16(3)10-18(11-17)30(32,33)34/h7-10,12-15,17,23-24,27H,11H2,1-6H3. The van der Waals surface area contributed by atoms with Crippen molar-refractivity contribution in [2.75, 3.05) is 26.1 Å². The number of methoxy groups -OCH3 is 1. The van der Waals surface area contributed by atoms with Crippen LogP contribution in [0, 0.1) is 11.7 Å². The summed E-state index contributed by atoms with van der Waals surface area (Å²) >= 11 is 0. The Morgan fingerprint density at radius 3 is 2.54 bits per heavy atom. The zero-order valence-corrected chi connectivity index (χ0v) is 23.7. The van der Waals surface area contributed by atoms with Gasteiger partial charge in [0.15, 0.2) is 0 Å². The first-order valence-corrected chi connectivity index (χ1v) is 13.4. The van der Waals surface area contributed by atoms with Crippen molar-refractivity contribution in [3.05, 3.63) is 70.9 Å². The topological polar surface area (TPSA) is 67.8 Å². The van der Waals surface area contributed by atoms with Crippen molar-refractivity contribution in [1.82, 2.24) is 14.9 Å². The number of fused-ring (bicyclic) bond motifs is 1. The molecule has 0 spiro atoms. The molecule has 1 aromatic heterocycles. The Morgan fingerprint density at radius 2 is 1.90 bits per heavy atom. The van der Waals surface area contributed by atoms with E-state index in [1.807, 2.05) is 19.9 Å². The number of nitrogens with zero attached hydrogens (tertiary/aromatic N) is 4. The van der Waals surface area contributed by atoms with Gasteiger partial charge >= 0.3 is 12.3 Å². The molecule has 5 rings (SSSR count). The Labute approximate surface area is 236 Å². The summed E-state index contributed by atoms with van der Waals surface area (Å²) in [6, 6.07) is 1.74. The van der Waals surface area contributed by atoms with Gasteiger partial charge in [-0.2, -0.15) is 13.2 Å². The van der Waals surface area contributed by atoms with Crippen LogP contribution in [0.15, 0.2) is 53.8 Å². The van der Waals surface area contributed by atoms with Crippen LogP contribution in [0.4, 0.5) is 28.3 Å². The second-order valence-corrected chi connectivity index (χ2v) is 11.1. The van der Waals surface area contributed by atoms with Crippen molar-refractivity contribution in [2.24, 2.45) is 5.92 Å². The molecule has 41 heavy (non-hydrogen) atoms. The lowest BCUT2D eigenvalue weighted by Gasteiger charge is -2.29. The number of hydrogen-bond donors (Lipinski definition) is 0. The number of carbonyl (C=O) groups is 1. The number of hydrogen-bond acceptors (Lipinski definition) is 6. The number of halogens is 4. The molecule has 1 aliphatic carbocycles. The van der Waals surface area contributed by atoms with Crippen LogP contribution in [-0.2, 0) is 4.74 Å². The Hall–Kier alpha value is -3.89. The largest absolute Gasteiger partial charge is 0.496 e. The van der Waals surface area contributed by atoms with Gasteiger partial charge in [0.2, 0.25) is 5.95 Å². The van der Waals surface area contributed by atoms with Crippen molar-refractivity contribution < 1.29 is 31.8 Å². The molecule has 3 aliphatic rings. The molecular formula is C30H32F4N4O3. The number of aromatic nitrogens is 2. The van der Waals surface area contributed by atoms with Gasteiger partial charge in [-0.3, -0.25) is 4.90 Å². The fraction of sp³-hybridized carbons (Fsp3) is 0.433. The van der Waals surface area contributed by atoms with Crippen LogP contribution in [0.3, 0.4) is 0 Å². The monoisotopic (exact) mass is 572 g/mol. The third kappa shape index (κ3) is 5.17. The molecular weight excluding hydrogens is 540 g/mol. The highest BCUT2D eigenvalue weighted by molar-refractivity contribution is 5.77. The summed E-state index contributed by atoms with van der Waals surface area (Å²) in [5.41, 5.74) is 1.87. The van der Waals surface area contributed by atoms with E-state index in [9.17, 15) is 22.4 Å². The summed E-state index contributed by atoms with van der Waals surface area (Å²) < 4.78 is 66.9. The van der Waals surface area contributed by atoms with Crippen LogP contribution in [0.25, 0.3) is 11.1 Å². The fourth-order valence-corrected chi connectivity index (χ4v) is 5.77. The molecule has 218 valence electrons. The average Bonchev–Trinajstić information content (AvgIpc) is 3.48. The van der Waals surface area contributed by atoms with Crippen LogP contribution >= 0.6 is 0 Å². The minimum atomic E-state index is -4.47. The van der Waals surface area contributed by atoms with Crippen LogP contribution < -0.4 is 9.64 Å². The highest BCUT2D eigenvalue weighted by atomic mass is 19.4. The number of ether oxygens (including phenoxy) is 2. The van der Waals surface area contributed by atoms with E-state index in [0.717, 1.165) is 6.08 Å². The Morgan fingerprint density at radius 1 is 1.17 bits per heavy atom. The van der Waals surface area contributed by atoms with Crippen molar-refractivity contribution in [2.45, 2.75) is 57.5 Å². The molecule has 1 saturated heterocycles. The molecule has 7 nitrogen and oxygen atoms in total. The molecule has 0 N–H and O–H groups in total. The predicted octanol–water partition coefficient (Wildman–Crippen LogP) is 6.74. The fourth-order valence-electron chi connectivity index (χ4n) is 5.77. The lowest BCUT2D eigenvalue weighted by Crippen LogP contribution is -2.37. The second-order valence-electron chi connectivity index (χ2n) is 11.1. The van der Waals surface area contributed by atoms with Gasteiger partial charge in [0.25, 0.3) is 0 Å². The summed E-state index contributed by atoms with van der Waals surface area (Å²) in [5.74, 6) is -0.489. The molecule has 0 bridgehead atoms. The van der Waals surface area contributed by atoms with Gasteiger partial charge in [-0.05, 0) is 30.9 Å². The molecule has 2 aromatic rings. The molecule has 2 aliphatic heterocycles. The number of allylic oxidation sites excluding steroid dienone is 3. The Kier molecular flexibility index (Phi) is 7.33. The molecule has 1 amide bonds. The lowest BCUT2D eigenvalue weighted by molar-refractivity contribution is -0.0962. The number of anilines is 1. The first-order chi connectivity index (χ1) is 19.3. The highest BCUT2D eigenvalue weighted by Crippen LogP contribution is 2.46. The quantitative estimate of drug-likeness (QED) is 0.282. The number of carbonyl (C=O) groups excluding carboxylic acids is 1. The second kappa shape index (κ2) is 10.5. The van der Waals surface area contributed by atoms with E-state index in [1.54, 1.807) is 50.3 Å². The van der Waals surface area contributed by atoms with Crippen molar-refractivity contribution in [3.63, 3.8) is 0 Å². The SMILES string of the molecule is COc1cc(F)c(C(C)C)cc1-c1cnc(N(C)C)nc1C1C=CC2C(C3C=C(C)C=C(C(F)(F)F)C3)OC(=O)N12. The number of benzene rings is 1. The molecule has 11 heteroatoms. The molecule has 0 radical (unpaired) electrons. The molecule has 3 heterocycles. The van der Waals surface area contributed by atoms with Crippen LogP contribution in [0.2, 0.25) is 0 Å². The van der Waals surface area contributed by atoms with Crippen molar-refractivity contribution >= 4 is 12.0 Å². The maximum absolute atomic E-state index is 14.9. The van der Waals surface area contributed by atoms with Crippen LogP contribution in [0.5, 0.6) is 5.75 Å². The Bertz CT molecular complexity index is 1460. The van der Waals surface area contributed by atoms with Crippen molar-refractivity contribution in [3.8, 4) is 16.9 Å². The number of alkyl halides is 3. The summed E-state index contributed by atoms with van der Waals surface area (Å²) in [7, 11) is 5.01. The summed E-state index contributed by atoms with van der Waals surface area (Å²) in [6.07, 6.45) is 1.88. The zero-order chi connectivity index (χ0) is 29.8. The van der Waals surface area contributed by atoms with E-state index in [1.165, 1.54) is 18.1 Å². The van der Waals surface area contributed by atoms with Crippen molar-refractivity contribution in [1.29, 1.82) is 0 Å². The van der Waals surface area contributed by atoms with Gasteiger partial charge in [-0.15, -0.1) is 0 Å². The molecule has 1 fully saturated rings. The van der Waals surface area contributed by atoms with Crippen LogP contribution in [-0.4, -0.2) is 60.5 Å². The van der Waals surface area contributed by atoms with E-state index in [2.05, 4.69) is 4.98 Å². The van der Waals surface area contributed by atoms with Gasteiger partial charge in [-0.25, -0.2) is 19.2 Å². The van der Waals surface area contributed by atoms with Gasteiger partial charge in [0.05, 0.1) is 24.9 Å². The highest BCUT2D eigenvalue weighted by Gasteiger charge is 2.51. The molecule has 1 aromatic carbocycles. The van der Waals surface area contributed by atoms with E-state index in [0.29, 0.717) is 33.9 Å². The van der Waals surface area contributed by atoms with Crippen LogP contribution in [0.1, 0.15) is 50.4 Å². The smallest absolute Gasteiger partial charge is 0.412 e. The third-order valence-corrected chi connectivity index (χ3v) is 7.73. The summed E-state index contributed by atoms with van der Waals surface area (Å²) in [6.45, 7) is 5.37. The van der Waals surface area contributed by atoms with E-state index in [4.69, 9.17) is 14.5 Å². The zero-order valence-electron chi connectivity index (χ0n) is 23.7. The first kappa shape index (κ1) is 28.6. The Balaban J connectivity index is 1.56. The van der Waals surface area contributed by atoms with Gasteiger partial charge in [0, 0.05) is 49.0 Å². The number of amides is 1. The molecule has 4 atom stereocenters. The summed E-state index contributed by atoms with van der Waals surface area (Å²) in [4.78, 5) is 25.8. The maximum Gasteiger partial charge on any atom is 0.412 e. The molecule has 4 unspecified atom stereocenters. The number of cyclic esters (lactones) is 1. The van der Waals surface area contributed by atoms with Gasteiger partial charge < -0.3 is 14.4 Å². The van der Waals surface area contributed by atoms with Gasteiger partial charge in [0.1, 0.15) is 17.7 Å². The summed E-state index contributed by atoms with van der Waals surface area (Å²) in [5, 5.41) is 0. The minimum absolute atomic E-state index is 0.113. The van der Waals surface area contributed by atoms with E-state index >= 15 is 0 Å². The third-order valence-electron chi connectivity index (χ3n) is 7.73. The molecule has 0 saturated carbocycles. The minimum Gasteiger partial charge on any atom is -0.496 e. The predicted molar refractivity (Wildman–Crippen MR) is 146 cm³/mol. The van der Waals surface area contributed by atoms with E-state index < -0.39 is 47.8 Å². The maximum atomic E-state index is 14.9. The lowest BCUT2D eigenvalue weighted by atomic mass is 9.84. The van der Waals surface area contributed by atoms with E-state index in [-0.39, 0.29) is 18.1 Å². The first-order valence-electron chi connectivity index (χ1n) is 13.4. The van der Waals surface area contributed by atoms with Gasteiger partial charge in [-0.1, -0.05) is 43.7 Å². The average molecular weight is 573 g/mol. The normalized spacial score (nSPS) is 23.9.